The van der Waals surface area contributed by atoms with Gasteiger partial charge in [-0.15, -0.1) is 11.3 Å². The Morgan fingerprint density at radius 2 is 2.62 bits per heavy atom. The minimum Gasteiger partial charge on any atom is -0.481 e. The van der Waals surface area contributed by atoms with Crippen molar-refractivity contribution < 1.29 is 9.90 Å². The summed E-state index contributed by atoms with van der Waals surface area (Å²) in [7, 11) is 0. The summed E-state index contributed by atoms with van der Waals surface area (Å²) in [6, 6.07) is 0. The van der Waals surface area contributed by atoms with Crippen LogP contribution in [0.25, 0.3) is 0 Å². The van der Waals surface area contributed by atoms with Crippen LogP contribution >= 0.6 is 11.3 Å². The molecule has 13 heavy (non-hydrogen) atoms. The number of aryl methyl sites for hydroxylation is 1. The Bertz CT molecular complexity index is 334. The molecular formula is C9H11NO2S. The second-order valence-corrected chi connectivity index (χ2v) is 4.25. The quantitative estimate of drug-likeness (QED) is 0.805. The number of hydrogen-bond donors (Lipinski definition) is 1. The molecular weight excluding hydrogens is 186 g/mol. The maximum Gasteiger partial charge on any atom is 0.307 e. The first-order valence-electron chi connectivity index (χ1n) is 4.39. The second kappa shape index (κ2) is 3.10. The third-order valence-electron chi connectivity index (χ3n) is 2.36. The Morgan fingerprint density at radius 1 is 1.85 bits per heavy atom. The van der Waals surface area contributed by atoms with Gasteiger partial charge in [0.15, 0.2) is 0 Å². The average molecular weight is 197 g/mol. The number of aromatic nitrogens is 1. The number of hydrogen-bond acceptors (Lipinski definition) is 3. The van der Waals surface area contributed by atoms with Gasteiger partial charge < -0.3 is 5.11 Å². The van der Waals surface area contributed by atoms with Crippen LogP contribution in [0.2, 0.25) is 0 Å². The maximum absolute atomic E-state index is 10.6. The molecule has 0 spiro atoms. The highest BCUT2D eigenvalue weighted by atomic mass is 32.1. The summed E-state index contributed by atoms with van der Waals surface area (Å²) in [5.41, 5.74) is 0.981. The van der Waals surface area contributed by atoms with Crippen LogP contribution < -0.4 is 0 Å². The monoisotopic (exact) mass is 197 g/mol. The summed E-state index contributed by atoms with van der Waals surface area (Å²) >= 11 is 1.63. The van der Waals surface area contributed by atoms with Crippen molar-refractivity contribution in [3.63, 3.8) is 0 Å². The van der Waals surface area contributed by atoms with Crippen LogP contribution in [0.15, 0.2) is 5.38 Å². The van der Waals surface area contributed by atoms with Crippen LogP contribution in [0.5, 0.6) is 0 Å². The summed E-state index contributed by atoms with van der Waals surface area (Å²) < 4.78 is 0. The van der Waals surface area contributed by atoms with Gasteiger partial charge in [-0.1, -0.05) is 6.92 Å². The lowest BCUT2D eigenvalue weighted by atomic mass is 10.2. The van der Waals surface area contributed by atoms with Crippen molar-refractivity contribution >= 4 is 17.3 Å². The molecule has 0 amide bonds. The lowest BCUT2D eigenvalue weighted by molar-refractivity contribution is -0.138. The Kier molecular flexibility index (Phi) is 2.07. The molecule has 2 unspecified atom stereocenters. The molecule has 0 aliphatic heterocycles. The van der Waals surface area contributed by atoms with E-state index in [1.165, 1.54) is 0 Å². The van der Waals surface area contributed by atoms with Crippen LogP contribution in [-0.4, -0.2) is 16.1 Å². The molecule has 1 aromatic rings. The average Bonchev–Trinajstić information content (AvgIpc) is 2.78. The van der Waals surface area contributed by atoms with Crippen molar-refractivity contribution in [1.82, 2.24) is 4.98 Å². The fourth-order valence-electron chi connectivity index (χ4n) is 1.45. The van der Waals surface area contributed by atoms with Gasteiger partial charge in [0.1, 0.15) is 0 Å². The highest BCUT2D eigenvalue weighted by molar-refractivity contribution is 7.09. The SMILES string of the molecule is CCc1nc(C2CC2C(=O)O)cs1. The van der Waals surface area contributed by atoms with E-state index in [2.05, 4.69) is 11.9 Å². The van der Waals surface area contributed by atoms with E-state index in [1.807, 2.05) is 5.38 Å². The highest BCUT2D eigenvalue weighted by Crippen LogP contribution is 2.47. The third-order valence-corrected chi connectivity index (χ3v) is 3.37. The molecule has 2 rings (SSSR count). The topological polar surface area (TPSA) is 50.2 Å². The van der Waals surface area contributed by atoms with E-state index in [4.69, 9.17) is 5.11 Å². The first kappa shape index (κ1) is 8.69. The number of carboxylic acid groups (broad SMARTS) is 1. The van der Waals surface area contributed by atoms with Crippen molar-refractivity contribution in [1.29, 1.82) is 0 Å². The Labute approximate surface area is 80.4 Å². The summed E-state index contributed by atoms with van der Waals surface area (Å²) in [5.74, 6) is -0.670. The van der Waals surface area contributed by atoms with E-state index in [9.17, 15) is 4.79 Å². The number of aliphatic carboxylic acids is 1. The Hall–Kier alpha value is -0.900. The number of nitrogens with zero attached hydrogens (tertiary/aromatic N) is 1. The summed E-state index contributed by atoms with van der Waals surface area (Å²) in [5, 5.41) is 11.8. The van der Waals surface area contributed by atoms with E-state index in [0.717, 1.165) is 23.5 Å². The van der Waals surface area contributed by atoms with Crippen molar-refractivity contribution in [2.24, 2.45) is 5.92 Å². The van der Waals surface area contributed by atoms with Gasteiger partial charge in [0.05, 0.1) is 16.6 Å². The normalized spacial score (nSPS) is 25.9. The molecule has 4 heteroatoms. The fourth-order valence-corrected chi connectivity index (χ4v) is 2.26. The number of carbonyl (C=O) groups is 1. The maximum atomic E-state index is 10.6. The van der Waals surface area contributed by atoms with Crippen LogP contribution in [-0.2, 0) is 11.2 Å². The van der Waals surface area contributed by atoms with Gasteiger partial charge in [0.2, 0.25) is 0 Å². The fraction of sp³-hybridized carbons (Fsp3) is 0.556. The largest absolute Gasteiger partial charge is 0.481 e. The standard InChI is InChI=1S/C9H11NO2S/c1-2-8-10-7(4-13-8)5-3-6(5)9(11)12/h4-6H,2-3H2,1H3,(H,11,12). The van der Waals surface area contributed by atoms with E-state index in [-0.39, 0.29) is 11.8 Å². The van der Waals surface area contributed by atoms with Crippen molar-refractivity contribution in [2.75, 3.05) is 0 Å². The molecule has 1 aliphatic carbocycles. The third kappa shape index (κ3) is 1.58. The molecule has 0 bridgehead atoms. The lowest BCUT2D eigenvalue weighted by Crippen LogP contribution is -1.99. The van der Waals surface area contributed by atoms with Crippen LogP contribution in [0, 0.1) is 5.92 Å². The van der Waals surface area contributed by atoms with Crippen molar-refractivity contribution in [2.45, 2.75) is 25.7 Å². The zero-order valence-corrected chi connectivity index (χ0v) is 8.17. The minimum absolute atomic E-state index is 0.174. The molecule has 3 nitrogen and oxygen atoms in total. The predicted octanol–water partition coefficient (Wildman–Crippen LogP) is 1.89. The zero-order chi connectivity index (χ0) is 9.42. The van der Waals surface area contributed by atoms with E-state index >= 15 is 0 Å². The molecule has 1 heterocycles. The highest BCUT2D eigenvalue weighted by Gasteiger charge is 2.45. The van der Waals surface area contributed by atoms with Gasteiger partial charge in [0.25, 0.3) is 0 Å². The van der Waals surface area contributed by atoms with Gasteiger partial charge in [-0.25, -0.2) is 4.98 Å². The number of rotatable bonds is 3. The zero-order valence-electron chi connectivity index (χ0n) is 7.36. The summed E-state index contributed by atoms with van der Waals surface area (Å²) in [4.78, 5) is 15.0. The Balaban J connectivity index is 2.07. The van der Waals surface area contributed by atoms with Gasteiger partial charge in [-0.05, 0) is 12.8 Å². The summed E-state index contributed by atoms with van der Waals surface area (Å²) in [6.07, 6.45) is 1.71. The van der Waals surface area contributed by atoms with Crippen LogP contribution in [0.3, 0.4) is 0 Å². The molecule has 1 aliphatic rings. The van der Waals surface area contributed by atoms with Crippen LogP contribution in [0.4, 0.5) is 0 Å². The first-order chi connectivity index (χ1) is 6.22. The molecule has 1 fully saturated rings. The molecule has 0 radical (unpaired) electrons. The number of thiazole rings is 1. The first-order valence-corrected chi connectivity index (χ1v) is 5.27. The molecule has 2 atom stereocenters. The van der Waals surface area contributed by atoms with Gasteiger partial charge in [-0.2, -0.15) is 0 Å². The van der Waals surface area contributed by atoms with Gasteiger partial charge >= 0.3 is 5.97 Å². The van der Waals surface area contributed by atoms with Crippen LogP contribution in [0.1, 0.15) is 30.0 Å². The minimum atomic E-state index is -0.684. The summed E-state index contributed by atoms with van der Waals surface area (Å²) in [6.45, 7) is 2.06. The molecule has 1 saturated carbocycles. The van der Waals surface area contributed by atoms with Gasteiger partial charge in [0, 0.05) is 11.3 Å². The van der Waals surface area contributed by atoms with E-state index < -0.39 is 5.97 Å². The van der Waals surface area contributed by atoms with Crippen molar-refractivity contribution in [3.05, 3.63) is 16.1 Å². The lowest BCUT2D eigenvalue weighted by Gasteiger charge is -1.89. The van der Waals surface area contributed by atoms with E-state index in [1.54, 1.807) is 11.3 Å². The van der Waals surface area contributed by atoms with Gasteiger partial charge in [-0.3, -0.25) is 4.79 Å². The van der Waals surface area contributed by atoms with E-state index in [0.29, 0.717) is 0 Å². The Morgan fingerprint density at radius 3 is 3.08 bits per heavy atom. The van der Waals surface area contributed by atoms with Crippen molar-refractivity contribution in [3.8, 4) is 0 Å². The molecule has 0 aromatic carbocycles. The smallest absolute Gasteiger partial charge is 0.307 e. The molecule has 70 valence electrons. The molecule has 1 N–H and O–H groups in total. The number of carboxylic acids is 1. The molecule has 1 aromatic heterocycles. The second-order valence-electron chi connectivity index (χ2n) is 3.31. The predicted molar refractivity (Wildman–Crippen MR) is 50.0 cm³/mol. The molecule has 0 saturated heterocycles.